The molecule has 0 amide bonds. The molecule has 1 heterocycles. The van der Waals surface area contributed by atoms with E-state index in [4.69, 9.17) is 8.91 Å². The molecule has 1 aromatic heterocycles. The second-order valence-corrected chi connectivity index (χ2v) is 3.59. The lowest BCUT2D eigenvalue weighted by molar-refractivity contribution is 0.0918. The summed E-state index contributed by atoms with van der Waals surface area (Å²) in [6.45, 7) is 4.44. The average molecular weight is 211 g/mol. The summed E-state index contributed by atoms with van der Waals surface area (Å²) in [7, 11) is 0. The summed E-state index contributed by atoms with van der Waals surface area (Å²) < 4.78 is 31.5. The van der Waals surface area contributed by atoms with Crippen LogP contribution in [-0.2, 0) is 12.8 Å². The van der Waals surface area contributed by atoms with Crippen molar-refractivity contribution in [1.29, 1.82) is 0 Å². The molecule has 1 aliphatic rings. The molecule has 4 heteroatoms. The zero-order chi connectivity index (χ0) is 16.1. The van der Waals surface area contributed by atoms with Crippen molar-refractivity contribution in [2.24, 2.45) is 0 Å². The third-order valence-electron chi connectivity index (χ3n) is 2.57. The number of nitrogens with one attached hydrogen (secondary N) is 1. The molecule has 1 aromatic rings. The van der Waals surface area contributed by atoms with E-state index >= 15 is 0 Å². The summed E-state index contributed by atoms with van der Waals surface area (Å²) in [6, 6.07) is 0. The molecule has 1 N–H and O–H groups in total. The minimum Gasteiger partial charge on any atom is -0.369 e. The van der Waals surface area contributed by atoms with Gasteiger partial charge in [-0.2, -0.15) is 0 Å². The molecule has 0 fully saturated rings. The quantitative estimate of drug-likeness (QED) is 0.815. The van der Waals surface area contributed by atoms with E-state index in [1.807, 2.05) is 6.92 Å². The highest BCUT2D eigenvalue weighted by Gasteiger charge is 2.23. The normalized spacial score (nSPS) is 15.9. The molecular formula is C10H21N3O. The molecule has 4 nitrogen and oxygen atoms in total. The maximum absolute atomic E-state index is 11.3. The van der Waals surface area contributed by atoms with Gasteiger partial charge in [-0.25, -0.2) is 4.68 Å². The molecule has 0 aromatic carbocycles. The first-order valence-corrected chi connectivity index (χ1v) is 5.09. The third-order valence-corrected chi connectivity index (χ3v) is 2.57. The van der Waals surface area contributed by atoms with Crippen LogP contribution in [0.3, 0.4) is 0 Å². The molecule has 0 spiro atoms. The van der Waals surface area contributed by atoms with Gasteiger partial charge in [-0.05, 0) is 26.2 Å². The van der Waals surface area contributed by atoms with Gasteiger partial charge in [-0.1, -0.05) is 0 Å². The van der Waals surface area contributed by atoms with E-state index in [0.717, 1.165) is 37.3 Å². The molecule has 0 saturated carbocycles. The van der Waals surface area contributed by atoms with Crippen LogP contribution in [0.1, 0.15) is 45.2 Å². The number of fused-ring (bicyclic) bond motifs is 1. The van der Waals surface area contributed by atoms with Crippen molar-refractivity contribution in [1.82, 2.24) is 9.78 Å². The van der Waals surface area contributed by atoms with Crippen molar-refractivity contribution in [3.63, 3.8) is 0 Å². The van der Waals surface area contributed by atoms with Crippen molar-refractivity contribution < 1.29 is 13.7 Å². The summed E-state index contributed by atoms with van der Waals surface area (Å²) >= 11 is 0. The Labute approximate surface area is 92.6 Å². The van der Waals surface area contributed by atoms with Crippen molar-refractivity contribution in [3.8, 4) is 0 Å². The van der Waals surface area contributed by atoms with E-state index in [2.05, 4.69) is 10.4 Å². The van der Waals surface area contributed by atoms with E-state index < -0.39 is 0 Å². The number of hydrogen-bond acceptors (Lipinski definition) is 3. The van der Waals surface area contributed by atoms with Gasteiger partial charge >= 0.3 is 0 Å². The monoisotopic (exact) mass is 211 g/mol. The number of nitrogens with zero attached hydrogens (tertiary/aromatic N) is 2. The third kappa shape index (κ3) is 1.31. The minimum absolute atomic E-state index is 0.00676. The first kappa shape index (κ1) is 6.22. The van der Waals surface area contributed by atoms with Crippen molar-refractivity contribution >= 4 is 11.7 Å². The fourth-order valence-corrected chi connectivity index (χ4v) is 2.01. The van der Waals surface area contributed by atoms with Crippen LogP contribution in [0.4, 0.5) is 5.82 Å². The lowest BCUT2D eigenvalue weighted by Gasteiger charge is -1.99. The molecule has 2 rings (SSSR count). The van der Waals surface area contributed by atoms with Gasteiger partial charge in [0.25, 0.3) is 0 Å². The summed E-state index contributed by atoms with van der Waals surface area (Å²) in [5, 5.41) is 7.48. The van der Waals surface area contributed by atoms with Crippen LogP contribution in [-0.4, -0.2) is 22.2 Å². The van der Waals surface area contributed by atoms with Gasteiger partial charge in [0, 0.05) is 27.9 Å². The topological polar surface area (TPSA) is 46.9 Å². The van der Waals surface area contributed by atoms with Crippen LogP contribution in [0.25, 0.3) is 0 Å². The first-order chi connectivity index (χ1) is 9.74. The van der Waals surface area contributed by atoms with Crippen LogP contribution in [0.15, 0.2) is 0 Å². The van der Waals surface area contributed by atoms with E-state index in [0.29, 0.717) is 0 Å². The maximum Gasteiger partial charge on any atom is 0.244 e. The number of rotatable bonds is 2. The largest absolute Gasteiger partial charge is 0.369 e. The fraction of sp³-hybridized carbons (Fsp3) is 0.600. The molecule has 0 bridgehead atoms. The molecular weight excluding hydrogens is 178 g/mol. The number of anilines is 1. The van der Waals surface area contributed by atoms with Gasteiger partial charge in [-0.15, -0.1) is 5.10 Å². The molecule has 0 unspecified atom stereocenters. The summed E-state index contributed by atoms with van der Waals surface area (Å²) in [5.74, 6) is 0.905. The van der Waals surface area contributed by atoms with Gasteiger partial charge in [0.15, 0.2) is 5.82 Å². The molecule has 0 saturated heterocycles. The van der Waals surface area contributed by atoms with Gasteiger partial charge in [0.1, 0.15) is 0 Å². The van der Waals surface area contributed by atoms with E-state index in [-0.39, 0.29) is 5.91 Å². The Morgan fingerprint density at radius 2 is 2.50 bits per heavy atom. The maximum atomic E-state index is 11.3. The SMILES string of the molecule is CCNc1nn(C(C)=O)c2c1CCC2.[3H][3H].[3H][3H].[3H][3H]. The molecule has 1 aliphatic carbocycles. The predicted octanol–water partition coefficient (Wildman–Crippen LogP) is 2.20. The van der Waals surface area contributed by atoms with Crippen LogP contribution in [0, 0.1) is 0 Å². The molecule has 0 atom stereocenters. The van der Waals surface area contributed by atoms with Gasteiger partial charge < -0.3 is 5.32 Å². The Hall–Kier alpha value is -1.32. The van der Waals surface area contributed by atoms with E-state index in [9.17, 15) is 4.79 Å². The number of carbonyl (C=O) groups is 1. The summed E-state index contributed by atoms with van der Waals surface area (Å²) in [5.41, 5.74) is 2.34. The van der Waals surface area contributed by atoms with Gasteiger partial charge in [-0.3, -0.25) is 4.79 Å². The van der Waals surface area contributed by atoms with Crippen molar-refractivity contribution in [2.45, 2.75) is 33.1 Å². The second kappa shape index (κ2) is 3.44. The number of carbonyl (C=O) groups excluding carboxylic acids is 1. The standard InChI is InChI=1S/C10H15N3O.3H2/c1-3-11-10-8-5-4-6-9(8)13(12-10)7(2)14;;;/h3-6H2,1-2H3,(H,11,12);3*1H/i;3*1+2T. The Morgan fingerprint density at radius 1 is 1.71 bits per heavy atom. The van der Waals surface area contributed by atoms with Crippen molar-refractivity contribution in [2.75, 3.05) is 11.9 Å². The Balaban J connectivity index is 0. The first-order valence-electron chi connectivity index (χ1n) is 8.09. The average Bonchev–Trinajstić information content (AvgIpc) is 3.09. The Bertz CT molecular complexity index is 385. The smallest absolute Gasteiger partial charge is 0.244 e. The van der Waals surface area contributed by atoms with Crippen molar-refractivity contribution in [3.05, 3.63) is 11.3 Å². The minimum atomic E-state index is 0.00676. The summed E-state index contributed by atoms with van der Waals surface area (Å²) in [6.07, 6.45) is 3.16. The van der Waals surface area contributed by atoms with E-state index in [1.165, 1.54) is 5.56 Å². The Morgan fingerprint density at radius 3 is 3.14 bits per heavy atom. The van der Waals surface area contributed by atoms with Crippen LogP contribution in [0.5, 0.6) is 0 Å². The highest BCUT2D eigenvalue weighted by atomic mass is 16.2. The van der Waals surface area contributed by atoms with Crippen LogP contribution in [0.2, 0.25) is 0 Å². The molecule has 0 aliphatic heterocycles. The second-order valence-electron chi connectivity index (χ2n) is 3.59. The zero-order valence-electron chi connectivity index (χ0n) is 14.6. The zero-order valence-corrected chi connectivity index (χ0v) is 8.63. The summed E-state index contributed by atoms with van der Waals surface area (Å²) in [4.78, 5) is 11.3. The van der Waals surface area contributed by atoms with Gasteiger partial charge in [0.05, 0.1) is 5.69 Å². The number of hydrogen-bond donors (Lipinski definition) is 1. The lowest BCUT2D eigenvalue weighted by atomic mass is 10.2. The molecule has 82 valence electrons. The highest BCUT2D eigenvalue weighted by molar-refractivity contribution is 5.77. The lowest BCUT2D eigenvalue weighted by Crippen LogP contribution is -2.11. The molecule has 14 heavy (non-hydrogen) atoms. The van der Waals surface area contributed by atoms with Gasteiger partial charge in [0.2, 0.25) is 5.91 Å². The fourth-order valence-electron chi connectivity index (χ4n) is 2.01. The van der Waals surface area contributed by atoms with E-state index in [1.54, 1.807) is 11.6 Å². The van der Waals surface area contributed by atoms with Crippen LogP contribution >= 0.6 is 0 Å². The Kier molecular flexibility index (Phi) is 1.53. The van der Waals surface area contributed by atoms with Crippen LogP contribution < -0.4 is 5.32 Å². The molecule has 0 radical (unpaired) electrons. The number of aromatic nitrogens is 2. The highest BCUT2D eigenvalue weighted by Crippen LogP contribution is 2.28. The predicted molar refractivity (Wildman–Crippen MR) is 61.1 cm³/mol.